The van der Waals surface area contributed by atoms with E-state index in [9.17, 15) is 4.79 Å². The topological polar surface area (TPSA) is 72.7 Å². The van der Waals surface area contributed by atoms with Crippen LogP contribution in [0.3, 0.4) is 0 Å². The fraction of sp³-hybridized carbons (Fsp3) is 0.417. The zero-order valence-electron chi connectivity index (χ0n) is 17.9. The second kappa shape index (κ2) is 8.78. The number of nitrogens with zero attached hydrogens (tertiary/aromatic N) is 4. The second-order valence-corrected chi connectivity index (χ2v) is 8.34. The summed E-state index contributed by atoms with van der Waals surface area (Å²) in [6.07, 6.45) is 10.2. The molecule has 0 radical (unpaired) electrons. The van der Waals surface area contributed by atoms with E-state index in [1.54, 1.807) is 17.1 Å². The van der Waals surface area contributed by atoms with Crippen LogP contribution in [0.15, 0.2) is 42.9 Å². The molecular formula is C24H29N5O. The van der Waals surface area contributed by atoms with Crippen molar-refractivity contribution in [1.82, 2.24) is 19.7 Å². The maximum Gasteiger partial charge on any atom is 0.227 e. The van der Waals surface area contributed by atoms with Crippen LogP contribution in [0.5, 0.6) is 0 Å². The van der Waals surface area contributed by atoms with Gasteiger partial charge in [-0.1, -0.05) is 25.5 Å². The van der Waals surface area contributed by atoms with E-state index in [1.165, 1.54) is 17.5 Å². The average Bonchev–Trinajstić information content (AvgIpc) is 3.11. The van der Waals surface area contributed by atoms with Crippen LogP contribution in [0.4, 0.5) is 11.6 Å². The van der Waals surface area contributed by atoms with Gasteiger partial charge in [0, 0.05) is 37.3 Å². The van der Waals surface area contributed by atoms with Gasteiger partial charge in [0.15, 0.2) is 0 Å². The van der Waals surface area contributed by atoms with Gasteiger partial charge in [-0.05, 0) is 55.4 Å². The van der Waals surface area contributed by atoms with Crippen LogP contribution < -0.4 is 5.32 Å². The number of nitrogens with one attached hydrogen (secondary N) is 1. The third kappa shape index (κ3) is 4.58. The van der Waals surface area contributed by atoms with Crippen LogP contribution in [0.25, 0.3) is 11.3 Å². The highest BCUT2D eigenvalue weighted by Gasteiger charge is 2.32. The maximum absolute atomic E-state index is 12.4. The summed E-state index contributed by atoms with van der Waals surface area (Å²) in [6.45, 7) is 4.32. The third-order valence-corrected chi connectivity index (χ3v) is 6.16. The van der Waals surface area contributed by atoms with Gasteiger partial charge >= 0.3 is 0 Å². The van der Waals surface area contributed by atoms with Crippen molar-refractivity contribution in [2.75, 3.05) is 5.32 Å². The van der Waals surface area contributed by atoms with Gasteiger partial charge in [0.05, 0.1) is 17.6 Å². The first-order chi connectivity index (χ1) is 14.5. The van der Waals surface area contributed by atoms with Crippen molar-refractivity contribution >= 4 is 17.4 Å². The molecule has 0 amide bonds. The van der Waals surface area contributed by atoms with E-state index in [0.717, 1.165) is 42.1 Å². The van der Waals surface area contributed by atoms with Crippen molar-refractivity contribution in [3.8, 4) is 11.3 Å². The number of anilines is 2. The number of hydrogen-bond acceptors (Lipinski definition) is 5. The SMILES string of the molecule is CCC1CC(C(=O)CCc2ccc(-c3ccnc(Nc4cnn(C)c4)n3)cc2C)C1. The van der Waals surface area contributed by atoms with E-state index in [-0.39, 0.29) is 0 Å². The van der Waals surface area contributed by atoms with Gasteiger partial charge in [-0.3, -0.25) is 9.48 Å². The Morgan fingerprint density at radius 2 is 2.10 bits per heavy atom. The summed E-state index contributed by atoms with van der Waals surface area (Å²) in [5.74, 6) is 2.05. The lowest BCUT2D eigenvalue weighted by Crippen LogP contribution is -2.30. The molecule has 4 rings (SSSR count). The Hall–Kier alpha value is -3.02. The highest BCUT2D eigenvalue weighted by molar-refractivity contribution is 5.82. The van der Waals surface area contributed by atoms with Crippen LogP contribution in [0.1, 0.15) is 43.7 Å². The number of carbonyl (C=O) groups excluding carboxylic acids is 1. The number of Topliss-reactive ketones (excluding diaryl/α,β-unsaturated/α-hetero) is 1. The molecule has 0 aliphatic heterocycles. The van der Waals surface area contributed by atoms with Gasteiger partial charge in [-0.15, -0.1) is 0 Å². The van der Waals surface area contributed by atoms with Crippen molar-refractivity contribution in [3.63, 3.8) is 0 Å². The van der Waals surface area contributed by atoms with Gasteiger partial charge in [0.2, 0.25) is 5.95 Å². The molecule has 0 atom stereocenters. The first kappa shape index (κ1) is 20.3. The number of aromatic nitrogens is 4. The van der Waals surface area contributed by atoms with Crippen LogP contribution in [-0.4, -0.2) is 25.5 Å². The van der Waals surface area contributed by atoms with Crippen molar-refractivity contribution in [2.45, 2.75) is 46.0 Å². The van der Waals surface area contributed by atoms with Gasteiger partial charge < -0.3 is 5.32 Å². The van der Waals surface area contributed by atoms with E-state index < -0.39 is 0 Å². The lowest BCUT2D eigenvalue weighted by Gasteiger charge is -2.33. The van der Waals surface area contributed by atoms with Gasteiger partial charge in [-0.25, -0.2) is 9.97 Å². The summed E-state index contributed by atoms with van der Waals surface area (Å²) in [4.78, 5) is 21.4. The summed E-state index contributed by atoms with van der Waals surface area (Å²) < 4.78 is 1.73. The van der Waals surface area contributed by atoms with Crippen LogP contribution in [-0.2, 0) is 18.3 Å². The molecule has 30 heavy (non-hydrogen) atoms. The quantitative estimate of drug-likeness (QED) is 0.581. The van der Waals surface area contributed by atoms with E-state index in [1.807, 2.05) is 19.3 Å². The molecule has 6 heteroatoms. The summed E-state index contributed by atoms with van der Waals surface area (Å²) in [5, 5.41) is 7.33. The number of rotatable bonds is 8. The number of ketones is 1. The monoisotopic (exact) mass is 403 g/mol. The maximum atomic E-state index is 12.4. The molecular weight excluding hydrogens is 374 g/mol. The molecule has 1 aliphatic carbocycles. The molecule has 1 saturated carbocycles. The summed E-state index contributed by atoms with van der Waals surface area (Å²) in [5.41, 5.74) is 5.19. The lowest BCUT2D eigenvalue weighted by atomic mass is 9.71. The molecule has 6 nitrogen and oxygen atoms in total. The molecule has 3 aromatic rings. The molecule has 1 fully saturated rings. The Kier molecular flexibility index (Phi) is 5.93. The lowest BCUT2D eigenvalue weighted by molar-refractivity contribution is -0.126. The largest absolute Gasteiger partial charge is 0.321 e. The number of aryl methyl sites for hydroxylation is 3. The van der Waals surface area contributed by atoms with Gasteiger partial charge in [0.25, 0.3) is 0 Å². The minimum atomic E-state index is 0.307. The third-order valence-electron chi connectivity index (χ3n) is 6.16. The van der Waals surface area contributed by atoms with Crippen molar-refractivity contribution in [3.05, 3.63) is 54.0 Å². The summed E-state index contributed by atoms with van der Waals surface area (Å²) >= 11 is 0. The normalized spacial score (nSPS) is 18.1. The minimum Gasteiger partial charge on any atom is -0.321 e. The number of hydrogen-bond donors (Lipinski definition) is 1. The van der Waals surface area contributed by atoms with Gasteiger partial charge in [-0.2, -0.15) is 5.10 Å². The number of benzene rings is 1. The first-order valence-corrected chi connectivity index (χ1v) is 10.7. The van der Waals surface area contributed by atoms with Crippen LogP contribution in [0, 0.1) is 18.8 Å². The van der Waals surface area contributed by atoms with Crippen molar-refractivity contribution in [1.29, 1.82) is 0 Å². The smallest absolute Gasteiger partial charge is 0.227 e. The van der Waals surface area contributed by atoms with Crippen LogP contribution in [0.2, 0.25) is 0 Å². The average molecular weight is 404 g/mol. The molecule has 1 N–H and O–H groups in total. The van der Waals surface area contributed by atoms with E-state index in [4.69, 9.17) is 0 Å². The highest BCUT2D eigenvalue weighted by atomic mass is 16.1. The van der Waals surface area contributed by atoms with E-state index in [0.29, 0.717) is 24.1 Å². The molecule has 2 aromatic heterocycles. The van der Waals surface area contributed by atoms with Crippen LogP contribution >= 0.6 is 0 Å². The Morgan fingerprint density at radius 3 is 2.80 bits per heavy atom. The standard InChI is InChI=1S/C24H29N5O/c1-4-17-12-20(13-17)23(30)8-7-18-5-6-19(11-16(18)2)22-9-10-25-24(28-22)27-21-14-26-29(3)15-21/h5-6,9-11,14-15,17,20H,4,7-8,12-13H2,1-3H3,(H,25,27,28). The summed E-state index contributed by atoms with van der Waals surface area (Å²) in [6, 6.07) is 8.27. The first-order valence-electron chi connectivity index (χ1n) is 10.7. The zero-order valence-corrected chi connectivity index (χ0v) is 17.9. The molecule has 0 unspecified atom stereocenters. The predicted molar refractivity (Wildman–Crippen MR) is 119 cm³/mol. The van der Waals surface area contributed by atoms with Crippen molar-refractivity contribution in [2.24, 2.45) is 18.9 Å². The minimum absolute atomic E-state index is 0.307. The molecule has 2 heterocycles. The Morgan fingerprint density at radius 1 is 1.27 bits per heavy atom. The highest BCUT2D eigenvalue weighted by Crippen LogP contribution is 2.37. The van der Waals surface area contributed by atoms with E-state index in [2.05, 4.69) is 52.4 Å². The second-order valence-electron chi connectivity index (χ2n) is 8.34. The number of carbonyl (C=O) groups is 1. The predicted octanol–water partition coefficient (Wildman–Crippen LogP) is 4.87. The molecule has 0 bridgehead atoms. The van der Waals surface area contributed by atoms with Crippen molar-refractivity contribution < 1.29 is 4.79 Å². The fourth-order valence-corrected chi connectivity index (χ4v) is 4.12. The Labute approximate surface area is 177 Å². The van der Waals surface area contributed by atoms with Gasteiger partial charge in [0.1, 0.15) is 5.78 Å². The summed E-state index contributed by atoms with van der Waals surface area (Å²) in [7, 11) is 1.87. The zero-order chi connectivity index (χ0) is 21.1. The fourth-order valence-electron chi connectivity index (χ4n) is 4.12. The molecule has 0 spiro atoms. The molecule has 1 aliphatic rings. The molecule has 0 saturated heterocycles. The molecule has 156 valence electrons. The Balaban J connectivity index is 1.40. The molecule has 1 aromatic carbocycles. The Bertz CT molecular complexity index is 1040. The van der Waals surface area contributed by atoms with E-state index >= 15 is 0 Å².